The molecule has 0 amide bonds. The Morgan fingerprint density at radius 3 is 2.50 bits per heavy atom. The van der Waals surface area contributed by atoms with Crippen molar-refractivity contribution in [1.29, 1.82) is 0 Å². The molecule has 0 aliphatic heterocycles. The average molecular weight is 270 g/mol. The van der Waals surface area contributed by atoms with E-state index in [9.17, 15) is 13.5 Å². The Morgan fingerprint density at radius 1 is 1.39 bits per heavy atom. The van der Waals surface area contributed by atoms with Gasteiger partial charge in [0, 0.05) is 5.69 Å². The van der Waals surface area contributed by atoms with Crippen LogP contribution in [0.3, 0.4) is 0 Å². The van der Waals surface area contributed by atoms with E-state index in [4.69, 9.17) is 5.73 Å². The minimum Gasteiger partial charge on any atom is -0.398 e. The van der Waals surface area contributed by atoms with Gasteiger partial charge in [0.25, 0.3) is 0 Å². The topological polar surface area (TPSA) is 92.4 Å². The Labute approximate surface area is 107 Å². The lowest BCUT2D eigenvalue weighted by Crippen LogP contribution is -2.39. The van der Waals surface area contributed by atoms with Gasteiger partial charge in [0.15, 0.2) is 0 Å². The highest BCUT2D eigenvalue weighted by molar-refractivity contribution is 7.89. The normalized spacial score (nSPS) is 17.7. The van der Waals surface area contributed by atoms with Gasteiger partial charge < -0.3 is 10.8 Å². The third-order valence-corrected chi connectivity index (χ3v) is 5.05. The molecule has 1 aliphatic rings. The second-order valence-electron chi connectivity index (χ2n) is 5.02. The molecular formula is C12H18N2O3S. The smallest absolute Gasteiger partial charge is 0.241 e. The second-order valence-corrected chi connectivity index (χ2v) is 6.67. The summed E-state index contributed by atoms with van der Waals surface area (Å²) in [4.78, 5) is 0.194. The summed E-state index contributed by atoms with van der Waals surface area (Å²) >= 11 is 0. The Hall–Kier alpha value is -1.11. The zero-order valence-electron chi connectivity index (χ0n) is 10.5. The van der Waals surface area contributed by atoms with Gasteiger partial charge in [-0.3, -0.25) is 0 Å². The van der Waals surface area contributed by atoms with Gasteiger partial charge in [-0.05, 0) is 49.9 Å². The number of hydrogen-bond acceptors (Lipinski definition) is 4. The number of anilines is 1. The number of aryl methyl sites for hydroxylation is 1. The van der Waals surface area contributed by atoms with E-state index in [0.717, 1.165) is 5.56 Å². The van der Waals surface area contributed by atoms with Crippen molar-refractivity contribution in [3.8, 4) is 0 Å². The van der Waals surface area contributed by atoms with Crippen LogP contribution in [0, 0.1) is 13.8 Å². The van der Waals surface area contributed by atoms with Crippen molar-refractivity contribution in [2.24, 2.45) is 0 Å². The van der Waals surface area contributed by atoms with Crippen LogP contribution >= 0.6 is 0 Å². The van der Waals surface area contributed by atoms with Gasteiger partial charge in [0.1, 0.15) is 0 Å². The van der Waals surface area contributed by atoms with Crippen molar-refractivity contribution in [2.45, 2.75) is 37.1 Å². The first kappa shape index (κ1) is 13.3. The lowest BCUT2D eigenvalue weighted by Gasteiger charge is -2.17. The number of aliphatic hydroxyl groups excluding tert-OH is 1. The van der Waals surface area contributed by atoms with Crippen LogP contribution < -0.4 is 10.5 Å². The van der Waals surface area contributed by atoms with Crippen molar-refractivity contribution in [1.82, 2.24) is 4.72 Å². The molecule has 0 radical (unpaired) electrons. The standard InChI is InChI=1S/C12H18N2O3S/c1-8-5-10(13)9(2)11(6-8)18(16,17)14-12(7-15)3-4-12/h5-6,14-15H,3-4,7,13H2,1-2H3. The Bertz CT molecular complexity index is 577. The van der Waals surface area contributed by atoms with Crippen LogP contribution in [0.15, 0.2) is 17.0 Å². The maximum atomic E-state index is 12.3. The van der Waals surface area contributed by atoms with Gasteiger partial charge in [0.2, 0.25) is 10.0 Å². The first-order valence-electron chi connectivity index (χ1n) is 5.81. The maximum Gasteiger partial charge on any atom is 0.241 e. The molecule has 5 nitrogen and oxygen atoms in total. The predicted octanol–water partition coefficient (Wildman–Crippen LogP) is 0.689. The largest absolute Gasteiger partial charge is 0.398 e. The summed E-state index contributed by atoms with van der Waals surface area (Å²) < 4.78 is 27.2. The SMILES string of the molecule is Cc1cc(N)c(C)c(S(=O)(=O)NC2(CO)CC2)c1. The molecule has 0 aromatic heterocycles. The molecule has 100 valence electrons. The lowest BCUT2D eigenvalue weighted by atomic mass is 10.1. The van der Waals surface area contributed by atoms with Crippen LogP contribution in [0.5, 0.6) is 0 Å². The highest BCUT2D eigenvalue weighted by Gasteiger charge is 2.45. The number of sulfonamides is 1. The number of rotatable bonds is 4. The fourth-order valence-corrected chi connectivity index (χ4v) is 3.73. The van der Waals surface area contributed by atoms with E-state index in [-0.39, 0.29) is 11.5 Å². The zero-order valence-corrected chi connectivity index (χ0v) is 11.3. The molecule has 0 spiro atoms. The van der Waals surface area contributed by atoms with Crippen molar-refractivity contribution >= 4 is 15.7 Å². The summed E-state index contributed by atoms with van der Waals surface area (Å²) in [5, 5.41) is 9.19. The van der Waals surface area contributed by atoms with E-state index in [1.807, 2.05) is 0 Å². The lowest BCUT2D eigenvalue weighted by molar-refractivity contribution is 0.246. The van der Waals surface area contributed by atoms with Gasteiger partial charge in [-0.25, -0.2) is 13.1 Å². The minimum absolute atomic E-state index is 0.174. The van der Waals surface area contributed by atoms with Crippen LogP contribution in [0.4, 0.5) is 5.69 Å². The number of aliphatic hydroxyl groups is 1. The third kappa shape index (κ3) is 2.36. The molecule has 1 aliphatic carbocycles. The van der Waals surface area contributed by atoms with Crippen LogP contribution in [0.25, 0.3) is 0 Å². The highest BCUT2D eigenvalue weighted by Crippen LogP contribution is 2.36. The van der Waals surface area contributed by atoms with Gasteiger partial charge in [-0.15, -0.1) is 0 Å². The predicted molar refractivity (Wildman–Crippen MR) is 69.7 cm³/mol. The number of nitrogens with two attached hydrogens (primary N) is 1. The second kappa shape index (κ2) is 4.22. The molecule has 4 N–H and O–H groups in total. The molecule has 0 heterocycles. The van der Waals surface area contributed by atoms with Crippen LogP contribution in [-0.4, -0.2) is 25.7 Å². The summed E-state index contributed by atoms with van der Waals surface area (Å²) in [5.41, 5.74) is 6.93. The van der Waals surface area contributed by atoms with Crippen LogP contribution in [-0.2, 0) is 10.0 Å². The summed E-state index contributed by atoms with van der Waals surface area (Å²) in [6.45, 7) is 3.31. The molecule has 18 heavy (non-hydrogen) atoms. The number of hydrogen-bond donors (Lipinski definition) is 3. The fourth-order valence-electron chi connectivity index (χ4n) is 1.91. The van der Waals surface area contributed by atoms with E-state index in [2.05, 4.69) is 4.72 Å². The monoisotopic (exact) mass is 270 g/mol. The van der Waals surface area contributed by atoms with E-state index >= 15 is 0 Å². The summed E-state index contributed by atoms with van der Waals surface area (Å²) in [7, 11) is -3.63. The number of nitrogens with one attached hydrogen (secondary N) is 1. The van der Waals surface area contributed by atoms with Crippen molar-refractivity contribution in [3.05, 3.63) is 23.3 Å². The Balaban J connectivity index is 2.42. The molecular weight excluding hydrogens is 252 g/mol. The molecule has 1 fully saturated rings. The Morgan fingerprint density at radius 2 is 2.00 bits per heavy atom. The zero-order chi connectivity index (χ0) is 13.6. The van der Waals surface area contributed by atoms with Crippen molar-refractivity contribution < 1.29 is 13.5 Å². The van der Waals surface area contributed by atoms with Crippen molar-refractivity contribution in [3.63, 3.8) is 0 Å². The van der Waals surface area contributed by atoms with Gasteiger partial charge >= 0.3 is 0 Å². The molecule has 1 aromatic rings. The summed E-state index contributed by atoms with van der Waals surface area (Å²) in [6.07, 6.45) is 1.34. The molecule has 1 aromatic carbocycles. The van der Waals surface area contributed by atoms with E-state index < -0.39 is 15.6 Å². The van der Waals surface area contributed by atoms with Crippen molar-refractivity contribution in [2.75, 3.05) is 12.3 Å². The molecule has 0 unspecified atom stereocenters. The summed E-state index contributed by atoms with van der Waals surface area (Å²) in [6, 6.07) is 3.34. The van der Waals surface area contributed by atoms with E-state index in [0.29, 0.717) is 24.1 Å². The first-order valence-corrected chi connectivity index (χ1v) is 7.30. The van der Waals surface area contributed by atoms with Gasteiger partial charge in [0.05, 0.1) is 17.0 Å². The van der Waals surface area contributed by atoms with E-state index in [1.54, 1.807) is 26.0 Å². The molecule has 2 rings (SSSR count). The number of benzene rings is 1. The van der Waals surface area contributed by atoms with E-state index in [1.165, 1.54) is 0 Å². The minimum atomic E-state index is -3.63. The first-order chi connectivity index (χ1) is 8.30. The highest BCUT2D eigenvalue weighted by atomic mass is 32.2. The van der Waals surface area contributed by atoms with Crippen LogP contribution in [0.1, 0.15) is 24.0 Å². The summed E-state index contributed by atoms with van der Waals surface area (Å²) in [5.74, 6) is 0. The molecule has 0 saturated heterocycles. The third-order valence-electron chi connectivity index (χ3n) is 3.34. The average Bonchev–Trinajstić information content (AvgIpc) is 3.03. The number of nitrogen functional groups attached to an aromatic ring is 1. The van der Waals surface area contributed by atoms with Gasteiger partial charge in [-0.1, -0.05) is 0 Å². The van der Waals surface area contributed by atoms with Gasteiger partial charge in [-0.2, -0.15) is 0 Å². The molecule has 1 saturated carbocycles. The molecule has 0 bridgehead atoms. The van der Waals surface area contributed by atoms with Crippen LogP contribution in [0.2, 0.25) is 0 Å². The Kier molecular flexibility index (Phi) is 3.12. The fraction of sp³-hybridized carbons (Fsp3) is 0.500. The maximum absolute atomic E-state index is 12.3. The molecule has 0 atom stereocenters. The quantitative estimate of drug-likeness (QED) is 0.702. The molecule has 6 heteroatoms.